The number of aliphatic hydroxyl groups excluding tert-OH is 1. The highest BCUT2D eigenvalue weighted by molar-refractivity contribution is 5.94. The number of rotatable bonds is 3. The van der Waals surface area contributed by atoms with Gasteiger partial charge in [0.1, 0.15) is 0 Å². The Bertz CT molecular complexity index is 547. The van der Waals surface area contributed by atoms with Crippen molar-refractivity contribution in [2.45, 2.75) is 19.4 Å². The predicted molar refractivity (Wildman–Crippen MR) is 68.7 cm³/mol. The van der Waals surface area contributed by atoms with Gasteiger partial charge in [-0.2, -0.15) is 4.39 Å². The van der Waals surface area contributed by atoms with Crippen molar-refractivity contribution in [1.82, 2.24) is 4.90 Å². The van der Waals surface area contributed by atoms with Gasteiger partial charge in [-0.05, 0) is 25.5 Å². The maximum atomic E-state index is 13.5. The lowest BCUT2D eigenvalue weighted by molar-refractivity contribution is -0.387. The fourth-order valence-corrected chi connectivity index (χ4v) is 2.34. The number of halogens is 1. The number of likely N-dealkylation sites (tertiary alicyclic amines) is 1. The first-order chi connectivity index (χ1) is 9.40. The molecule has 2 unspecified atom stereocenters. The normalized spacial score (nSPS) is 19.9. The van der Waals surface area contributed by atoms with E-state index in [0.29, 0.717) is 19.5 Å². The molecule has 20 heavy (non-hydrogen) atoms. The van der Waals surface area contributed by atoms with Crippen LogP contribution in [0.5, 0.6) is 0 Å². The van der Waals surface area contributed by atoms with Gasteiger partial charge < -0.3 is 10.0 Å². The second kappa shape index (κ2) is 5.54. The number of nitrogens with zero attached hydrogens (tertiary/aromatic N) is 2. The van der Waals surface area contributed by atoms with E-state index in [1.807, 2.05) is 0 Å². The zero-order valence-electron chi connectivity index (χ0n) is 11.0. The van der Waals surface area contributed by atoms with Crippen LogP contribution in [-0.4, -0.2) is 40.0 Å². The molecule has 0 aliphatic carbocycles. The Morgan fingerprint density at radius 3 is 2.80 bits per heavy atom. The lowest BCUT2D eigenvalue weighted by Gasteiger charge is -2.17. The van der Waals surface area contributed by atoms with Gasteiger partial charge in [0.15, 0.2) is 0 Å². The third-order valence-electron chi connectivity index (χ3n) is 3.59. The number of carbonyl (C=O) groups excluding carboxylic acids is 1. The molecule has 0 spiro atoms. The molecule has 1 fully saturated rings. The summed E-state index contributed by atoms with van der Waals surface area (Å²) in [6, 6.07) is 3.13. The average Bonchev–Trinajstić information content (AvgIpc) is 2.87. The zero-order valence-corrected chi connectivity index (χ0v) is 11.0. The van der Waals surface area contributed by atoms with Crippen LogP contribution in [0.2, 0.25) is 0 Å². The Kier molecular flexibility index (Phi) is 3.99. The Morgan fingerprint density at radius 1 is 1.60 bits per heavy atom. The van der Waals surface area contributed by atoms with E-state index in [2.05, 4.69) is 0 Å². The summed E-state index contributed by atoms with van der Waals surface area (Å²) in [5, 5.41) is 20.0. The molecule has 1 amide bonds. The molecule has 2 atom stereocenters. The fourth-order valence-electron chi connectivity index (χ4n) is 2.34. The van der Waals surface area contributed by atoms with Crippen molar-refractivity contribution in [3.63, 3.8) is 0 Å². The molecule has 1 aromatic carbocycles. The van der Waals surface area contributed by atoms with Crippen LogP contribution >= 0.6 is 0 Å². The minimum atomic E-state index is -1.02. The van der Waals surface area contributed by atoms with E-state index < -0.39 is 22.5 Å². The van der Waals surface area contributed by atoms with Gasteiger partial charge in [-0.25, -0.2) is 0 Å². The van der Waals surface area contributed by atoms with E-state index in [9.17, 15) is 24.4 Å². The lowest BCUT2D eigenvalue weighted by Crippen LogP contribution is -2.30. The second-order valence-electron chi connectivity index (χ2n) is 4.96. The highest BCUT2D eigenvalue weighted by Gasteiger charge is 2.30. The van der Waals surface area contributed by atoms with Crippen LogP contribution in [0.1, 0.15) is 23.7 Å². The van der Waals surface area contributed by atoms with E-state index in [0.717, 1.165) is 12.1 Å². The monoisotopic (exact) mass is 282 g/mol. The summed E-state index contributed by atoms with van der Waals surface area (Å²) < 4.78 is 13.5. The predicted octanol–water partition coefficient (Wildman–Crippen LogP) is 1.58. The third-order valence-corrected chi connectivity index (χ3v) is 3.59. The molecule has 7 heteroatoms. The standard InChI is InChI=1S/C13H15FN2O4/c1-8(17)10-4-5-15(7-10)13(18)9-2-3-12(16(19)20)11(14)6-9/h2-3,6,8,10,17H,4-5,7H2,1H3. The fraction of sp³-hybridized carbons (Fsp3) is 0.462. The quantitative estimate of drug-likeness (QED) is 0.674. The largest absolute Gasteiger partial charge is 0.393 e. The molecule has 1 aliphatic rings. The van der Waals surface area contributed by atoms with Crippen LogP contribution in [-0.2, 0) is 0 Å². The summed E-state index contributed by atoms with van der Waals surface area (Å²) in [6.07, 6.45) is 0.195. The molecule has 108 valence electrons. The molecule has 1 N–H and O–H groups in total. The van der Waals surface area contributed by atoms with Crippen LogP contribution in [0.4, 0.5) is 10.1 Å². The topological polar surface area (TPSA) is 83.7 Å². The van der Waals surface area contributed by atoms with Gasteiger partial charge in [0.2, 0.25) is 5.82 Å². The minimum absolute atomic E-state index is 0.0156. The maximum Gasteiger partial charge on any atom is 0.304 e. The van der Waals surface area contributed by atoms with Gasteiger partial charge in [0.05, 0.1) is 11.0 Å². The summed E-state index contributed by atoms with van der Waals surface area (Å²) in [5.74, 6) is -1.38. The summed E-state index contributed by atoms with van der Waals surface area (Å²) in [6.45, 7) is 2.58. The summed E-state index contributed by atoms with van der Waals surface area (Å²) in [4.78, 5) is 23.4. The number of amides is 1. The number of carbonyl (C=O) groups is 1. The van der Waals surface area contributed by atoms with E-state index >= 15 is 0 Å². The Morgan fingerprint density at radius 2 is 2.30 bits per heavy atom. The van der Waals surface area contributed by atoms with Crippen LogP contribution in [0, 0.1) is 21.8 Å². The molecule has 2 rings (SSSR count). The number of nitro benzene ring substituents is 1. The number of aliphatic hydroxyl groups is 1. The molecule has 1 aliphatic heterocycles. The molecule has 1 heterocycles. The molecule has 0 saturated carbocycles. The molecular formula is C13H15FN2O4. The number of hydrogen-bond donors (Lipinski definition) is 1. The van der Waals surface area contributed by atoms with Gasteiger partial charge in [-0.15, -0.1) is 0 Å². The summed E-state index contributed by atoms with van der Waals surface area (Å²) >= 11 is 0. The molecule has 0 aromatic heterocycles. The van der Waals surface area contributed by atoms with Crippen molar-refractivity contribution in [2.24, 2.45) is 5.92 Å². The van der Waals surface area contributed by atoms with E-state index in [-0.39, 0.29) is 17.4 Å². The van der Waals surface area contributed by atoms with Crippen molar-refractivity contribution in [3.05, 3.63) is 39.7 Å². The number of nitro groups is 1. The Balaban J connectivity index is 2.14. The van der Waals surface area contributed by atoms with Crippen molar-refractivity contribution in [1.29, 1.82) is 0 Å². The molecular weight excluding hydrogens is 267 g/mol. The first-order valence-corrected chi connectivity index (χ1v) is 6.31. The van der Waals surface area contributed by atoms with Crippen LogP contribution < -0.4 is 0 Å². The summed E-state index contributed by atoms with van der Waals surface area (Å²) in [7, 11) is 0. The minimum Gasteiger partial charge on any atom is -0.393 e. The lowest BCUT2D eigenvalue weighted by atomic mass is 10.0. The van der Waals surface area contributed by atoms with Crippen LogP contribution in [0.3, 0.4) is 0 Å². The Hall–Kier alpha value is -2.02. The maximum absolute atomic E-state index is 13.5. The van der Waals surface area contributed by atoms with E-state index in [1.165, 1.54) is 11.0 Å². The first-order valence-electron chi connectivity index (χ1n) is 6.31. The van der Waals surface area contributed by atoms with Gasteiger partial charge >= 0.3 is 5.69 Å². The number of hydrogen-bond acceptors (Lipinski definition) is 4. The van der Waals surface area contributed by atoms with Gasteiger partial charge in [-0.1, -0.05) is 0 Å². The SMILES string of the molecule is CC(O)C1CCN(C(=O)c2ccc([N+](=O)[O-])c(F)c2)C1. The first kappa shape index (κ1) is 14.4. The van der Waals surface area contributed by atoms with E-state index in [4.69, 9.17) is 0 Å². The highest BCUT2D eigenvalue weighted by atomic mass is 19.1. The number of benzene rings is 1. The molecule has 0 bridgehead atoms. The molecule has 1 saturated heterocycles. The average molecular weight is 282 g/mol. The highest BCUT2D eigenvalue weighted by Crippen LogP contribution is 2.23. The van der Waals surface area contributed by atoms with Crippen molar-refractivity contribution in [2.75, 3.05) is 13.1 Å². The van der Waals surface area contributed by atoms with Crippen molar-refractivity contribution >= 4 is 11.6 Å². The van der Waals surface area contributed by atoms with Crippen LogP contribution in [0.25, 0.3) is 0 Å². The molecule has 1 aromatic rings. The van der Waals surface area contributed by atoms with E-state index in [1.54, 1.807) is 6.92 Å². The second-order valence-corrected chi connectivity index (χ2v) is 4.96. The molecule has 0 radical (unpaired) electrons. The molecule has 6 nitrogen and oxygen atoms in total. The summed E-state index contributed by atoms with van der Waals surface area (Å²) in [5.41, 5.74) is -0.566. The van der Waals surface area contributed by atoms with Crippen molar-refractivity contribution in [3.8, 4) is 0 Å². The van der Waals surface area contributed by atoms with Gasteiger partial charge in [0, 0.05) is 30.6 Å². The Labute approximate surface area is 115 Å². The zero-order chi connectivity index (χ0) is 14.9. The smallest absolute Gasteiger partial charge is 0.304 e. The van der Waals surface area contributed by atoms with Crippen LogP contribution in [0.15, 0.2) is 18.2 Å². The van der Waals surface area contributed by atoms with Gasteiger partial charge in [-0.3, -0.25) is 14.9 Å². The third kappa shape index (κ3) is 2.77. The van der Waals surface area contributed by atoms with Crippen molar-refractivity contribution < 1.29 is 19.2 Å². The van der Waals surface area contributed by atoms with Gasteiger partial charge in [0.25, 0.3) is 5.91 Å².